The highest BCUT2D eigenvalue weighted by molar-refractivity contribution is 5.90. The van der Waals surface area contributed by atoms with Crippen molar-refractivity contribution in [3.8, 4) is 0 Å². The molecule has 1 fully saturated rings. The zero-order chi connectivity index (χ0) is 13.0. The molecule has 0 aliphatic carbocycles. The molecule has 1 aliphatic rings. The SMILES string of the molecule is CN(CC1CCCCO1)c1nccnc1C(=O)O. The van der Waals surface area contributed by atoms with Gasteiger partial charge in [-0.3, -0.25) is 0 Å². The number of rotatable bonds is 4. The first-order valence-corrected chi connectivity index (χ1v) is 6.05. The molecule has 1 unspecified atom stereocenters. The number of aromatic carboxylic acids is 1. The molecule has 0 radical (unpaired) electrons. The Morgan fingerprint density at radius 1 is 1.50 bits per heavy atom. The van der Waals surface area contributed by atoms with E-state index < -0.39 is 5.97 Å². The summed E-state index contributed by atoms with van der Waals surface area (Å²) in [5.41, 5.74) is -0.0178. The quantitative estimate of drug-likeness (QED) is 0.866. The van der Waals surface area contributed by atoms with Crippen LogP contribution in [0.15, 0.2) is 12.4 Å². The molecule has 6 nitrogen and oxygen atoms in total. The van der Waals surface area contributed by atoms with Gasteiger partial charge in [0.05, 0.1) is 6.10 Å². The highest BCUT2D eigenvalue weighted by Gasteiger charge is 2.20. The van der Waals surface area contributed by atoms with Gasteiger partial charge in [-0.1, -0.05) is 0 Å². The summed E-state index contributed by atoms with van der Waals surface area (Å²) >= 11 is 0. The fourth-order valence-corrected chi connectivity index (χ4v) is 2.10. The second-order valence-corrected chi connectivity index (χ2v) is 4.40. The molecule has 2 heterocycles. The van der Waals surface area contributed by atoms with Crippen LogP contribution in [0.3, 0.4) is 0 Å². The molecule has 1 saturated heterocycles. The van der Waals surface area contributed by atoms with Crippen LogP contribution in [-0.4, -0.2) is 47.3 Å². The van der Waals surface area contributed by atoms with E-state index in [0.717, 1.165) is 25.9 Å². The Bertz CT molecular complexity index is 419. The number of carbonyl (C=O) groups is 1. The van der Waals surface area contributed by atoms with Crippen LogP contribution >= 0.6 is 0 Å². The fourth-order valence-electron chi connectivity index (χ4n) is 2.10. The molecule has 0 saturated carbocycles. The first-order valence-electron chi connectivity index (χ1n) is 6.05. The van der Waals surface area contributed by atoms with Gasteiger partial charge in [0.25, 0.3) is 0 Å². The van der Waals surface area contributed by atoms with Crippen molar-refractivity contribution in [1.82, 2.24) is 9.97 Å². The van der Waals surface area contributed by atoms with Crippen molar-refractivity contribution >= 4 is 11.8 Å². The number of anilines is 1. The molecule has 0 bridgehead atoms. The third-order valence-corrected chi connectivity index (χ3v) is 2.99. The fraction of sp³-hybridized carbons (Fsp3) is 0.583. The molecule has 1 N–H and O–H groups in total. The minimum absolute atomic E-state index is 0.0178. The van der Waals surface area contributed by atoms with Crippen LogP contribution in [0.1, 0.15) is 29.8 Å². The van der Waals surface area contributed by atoms with Crippen LogP contribution in [0.2, 0.25) is 0 Å². The minimum atomic E-state index is -1.06. The first kappa shape index (κ1) is 12.8. The van der Waals surface area contributed by atoms with Crippen LogP contribution < -0.4 is 4.90 Å². The van der Waals surface area contributed by atoms with E-state index in [4.69, 9.17) is 9.84 Å². The van der Waals surface area contributed by atoms with E-state index in [0.29, 0.717) is 12.4 Å². The van der Waals surface area contributed by atoms with Gasteiger partial charge in [-0.05, 0) is 19.3 Å². The molecule has 0 amide bonds. The van der Waals surface area contributed by atoms with Crippen LogP contribution in [0.4, 0.5) is 5.82 Å². The summed E-state index contributed by atoms with van der Waals surface area (Å²) in [6.45, 7) is 1.42. The monoisotopic (exact) mass is 251 g/mol. The summed E-state index contributed by atoms with van der Waals surface area (Å²) in [6, 6.07) is 0. The van der Waals surface area contributed by atoms with E-state index in [9.17, 15) is 4.79 Å². The summed E-state index contributed by atoms with van der Waals surface area (Å²) < 4.78 is 5.63. The molecule has 18 heavy (non-hydrogen) atoms. The number of ether oxygens (including phenoxy) is 1. The standard InChI is InChI=1S/C12H17N3O3/c1-15(8-9-4-2-3-7-18-9)11-10(12(16)17)13-5-6-14-11/h5-6,9H,2-4,7-8H2,1H3,(H,16,17). The summed E-state index contributed by atoms with van der Waals surface area (Å²) in [5.74, 6) is -0.673. The van der Waals surface area contributed by atoms with Crippen LogP contribution in [0, 0.1) is 0 Å². The summed E-state index contributed by atoms with van der Waals surface area (Å²) in [4.78, 5) is 20.8. The third-order valence-electron chi connectivity index (χ3n) is 2.99. The highest BCUT2D eigenvalue weighted by atomic mass is 16.5. The number of hydrogen-bond donors (Lipinski definition) is 1. The Hall–Kier alpha value is -1.69. The van der Waals surface area contributed by atoms with Crippen LogP contribution in [-0.2, 0) is 4.74 Å². The molecule has 0 spiro atoms. The maximum atomic E-state index is 11.1. The average molecular weight is 251 g/mol. The van der Waals surface area contributed by atoms with Gasteiger partial charge in [0.2, 0.25) is 0 Å². The number of likely N-dealkylation sites (N-methyl/N-ethyl adjacent to an activating group) is 1. The molecular formula is C12H17N3O3. The lowest BCUT2D eigenvalue weighted by atomic mass is 10.1. The molecule has 98 valence electrons. The lowest BCUT2D eigenvalue weighted by Crippen LogP contribution is -2.34. The van der Waals surface area contributed by atoms with Crippen LogP contribution in [0.5, 0.6) is 0 Å². The average Bonchev–Trinajstić information content (AvgIpc) is 2.40. The molecule has 0 aromatic carbocycles. The Morgan fingerprint density at radius 3 is 2.94 bits per heavy atom. The number of carboxylic acids is 1. The lowest BCUT2D eigenvalue weighted by Gasteiger charge is -2.28. The van der Waals surface area contributed by atoms with E-state index in [2.05, 4.69) is 9.97 Å². The van der Waals surface area contributed by atoms with Crippen molar-refractivity contribution in [3.63, 3.8) is 0 Å². The van der Waals surface area contributed by atoms with Crippen molar-refractivity contribution in [3.05, 3.63) is 18.1 Å². The molecule has 1 aromatic heterocycles. The highest BCUT2D eigenvalue weighted by Crippen LogP contribution is 2.18. The number of hydrogen-bond acceptors (Lipinski definition) is 5. The third kappa shape index (κ3) is 2.95. The van der Waals surface area contributed by atoms with Gasteiger partial charge in [-0.25, -0.2) is 14.8 Å². The second-order valence-electron chi connectivity index (χ2n) is 4.40. The molecule has 2 rings (SSSR count). The maximum Gasteiger partial charge on any atom is 0.358 e. The Kier molecular flexibility index (Phi) is 4.09. The van der Waals surface area contributed by atoms with Gasteiger partial charge in [-0.2, -0.15) is 0 Å². The first-order chi connectivity index (χ1) is 8.68. The van der Waals surface area contributed by atoms with E-state index in [1.165, 1.54) is 12.4 Å². The van der Waals surface area contributed by atoms with Gasteiger partial charge < -0.3 is 14.7 Å². The molecular weight excluding hydrogens is 234 g/mol. The largest absolute Gasteiger partial charge is 0.476 e. The topological polar surface area (TPSA) is 75.5 Å². The van der Waals surface area contributed by atoms with E-state index in [1.54, 1.807) is 4.90 Å². The summed E-state index contributed by atoms with van der Waals surface area (Å²) in [5, 5.41) is 9.06. The minimum Gasteiger partial charge on any atom is -0.476 e. The van der Waals surface area contributed by atoms with Crippen molar-refractivity contribution in [2.45, 2.75) is 25.4 Å². The van der Waals surface area contributed by atoms with E-state index in [-0.39, 0.29) is 11.8 Å². The Balaban J connectivity index is 2.08. The van der Waals surface area contributed by atoms with Gasteiger partial charge >= 0.3 is 5.97 Å². The van der Waals surface area contributed by atoms with Gasteiger partial charge in [0.15, 0.2) is 11.5 Å². The van der Waals surface area contributed by atoms with Gasteiger partial charge in [0.1, 0.15) is 0 Å². The van der Waals surface area contributed by atoms with E-state index in [1.807, 2.05) is 7.05 Å². The Morgan fingerprint density at radius 2 is 2.28 bits per heavy atom. The lowest BCUT2D eigenvalue weighted by molar-refractivity contribution is 0.0214. The molecule has 6 heteroatoms. The predicted molar refractivity (Wildman–Crippen MR) is 65.9 cm³/mol. The number of nitrogens with zero attached hydrogens (tertiary/aromatic N) is 3. The smallest absolute Gasteiger partial charge is 0.358 e. The predicted octanol–water partition coefficient (Wildman–Crippen LogP) is 1.18. The number of aromatic nitrogens is 2. The molecule has 1 atom stereocenters. The van der Waals surface area contributed by atoms with Gasteiger partial charge in [0, 0.05) is 32.6 Å². The Labute approximate surface area is 106 Å². The number of carboxylic acid groups (broad SMARTS) is 1. The maximum absolute atomic E-state index is 11.1. The van der Waals surface area contributed by atoms with Gasteiger partial charge in [-0.15, -0.1) is 0 Å². The van der Waals surface area contributed by atoms with Crippen molar-refractivity contribution in [2.24, 2.45) is 0 Å². The zero-order valence-corrected chi connectivity index (χ0v) is 10.4. The molecule has 1 aromatic rings. The van der Waals surface area contributed by atoms with E-state index >= 15 is 0 Å². The summed E-state index contributed by atoms with van der Waals surface area (Å²) in [7, 11) is 1.81. The molecule has 1 aliphatic heterocycles. The van der Waals surface area contributed by atoms with Crippen molar-refractivity contribution in [2.75, 3.05) is 25.1 Å². The van der Waals surface area contributed by atoms with Crippen molar-refractivity contribution < 1.29 is 14.6 Å². The van der Waals surface area contributed by atoms with Crippen molar-refractivity contribution in [1.29, 1.82) is 0 Å². The normalized spacial score (nSPS) is 19.5. The van der Waals surface area contributed by atoms with Crippen LogP contribution in [0.25, 0.3) is 0 Å². The summed E-state index contributed by atoms with van der Waals surface area (Å²) in [6.07, 6.45) is 6.30. The second kappa shape index (κ2) is 5.77. The zero-order valence-electron chi connectivity index (χ0n) is 10.4.